The molecule has 1 aromatic rings. The van der Waals surface area contributed by atoms with Crippen LogP contribution in [0, 0.1) is 0 Å². The minimum Gasteiger partial charge on any atom is -0.358 e. The molecule has 5 nitrogen and oxygen atoms in total. The van der Waals surface area contributed by atoms with E-state index in [0.717, 1.165) is 18.2 Å². The maximum absolute atomic E-state index is 5.54. The summed E-state index contributed by atoms with van der Waals surface area (Å²) in [5, 5.41) is 0. The Morgan fingerprint density at radius 1 is 1.18 bits per heavy atom. The summed E-state index contributed by atoms with van der Waals surface area (Å²) in [6.45, 7) is 7.86. The molecule has 2 N–H and O–H groups in total. The fraction of sp³-hybridized carbons (Fsp3) is 0.667. The third-order valence-electron chi connectivity index (χ3n) is 2.84. The summed E-state index contributed by atoms with van der Waals surface area (Å²) in [6.07, 6.45) is 1.60. The van der Waals surface area contributed by atoms with Crippen LogP contribution in [0.2, 0.25) is 0 Å². The zero-order valence-electron chi connectivity index (χ0n) is 11.4. The molecule has 0 fully saturated rings. The van der Waals surface area contributed by atoms with Crippen LogP contribution in [0.5, 0.6) is 0 Å². The highest BCUT2D eigenvalue weighted by Gasteiger charge is 2.19. The molecule has 0 aliphatic rings. The third kappa shape index (κ3) is 3.56. The van der Waals surface area contributed by atoms with Crippen molar-refractivity contribution >= 4 is 11.6 Å². The fourth-order valence-corrected chi connectivity index (χ4v) is 1.38. The predicted molar refractivity (Wildman–Crippen MR) is 72.5 cm³/mol. The average molecular weight is 237 g/mol. The Balaban J connectivity index is 2.93. The minimum atomic E-state index is 0.0397. The van der Waals surface area contributed by atoms with Crippen LogP contribution >= 0.6 is 0 Å². The molecule has 1 rings (SSSR count). The highest BCUT2D eigenvalue weighted by atomic mass is 15.2. The summed E-state index contributed by atoms with van der Waals surface area (Å²) >= 11 is 0. The Morgan fingerprint density at radius 2 is 1.76 bits per heavy atom. The van der Waals surface area contributed by atoms with E-state index in [1.54, 1.807) is 6.33 Å². The van der Waals surface area contributed by atoms with Crippen LogP contribution in [0.3, 0.4) is 0 Å². The van der Waals surface area contributed by atoms with E-state index in [1.165, 1.54) is 0 Å². The van der Waals surface area contributed by atoms with Gasteiger partial charge in [0.05, 0.1) is 0 Å². The SMILES string of the molecule is CN(CCN)c1cc(N(C)C(C)(C)C)ncn1. The van der Waals surface area contributed by atoms with Gasteiger partial charge in [0.15, 0.2) is 0 Å². The molecule has 5 heteroatoms. The van der Waals surface area contributed by atoms with Crippen molar-refractivity contribution in [2.45, 2.75) is 26.3 Å². The second-order valence-corrected chi connectivity index (χ2v) is 5.17. The molecule has 0 bridgehead atoms. The molecule has 0 saturated carbocycles. The molecule has 0 aromatic carbocycles. The van der Waals surface area contributed by atoms with Crippen LogP contribution < -0.4 is 15.5 Å². The van der Waals surface area contributed by atoms with Crippen LogP contribution in [0.4, 0.5) is 11.6 Å². The van der Waals surface area contributed by atoms with E-state index in [-0.39, 0.29) is 5.54 Å². The van der Waals surface area contributed by atoms with Gasteiger partial charge in [0.2, 0.25) is 0 Å². The van der Waals surface area contributed by atoms with Crippen molar-refractivity contribution in [3.8, 4) is 0 Å². The molecule has 96 valence electrons. The first-order valence-electron chi connectivity index (χ1n) is 5.83. The lowest BCUT2D eigenvalue weighted by Crippen LogP contribution is -2.38. The standard InChI is InChI=1S/C12H23N5/c1-12(2,3)17(5)11-8-10(14-9-15-11)16(4)7-6-13/h8-9H,6-7,13H2,1-5H3. The van der Waals surface area contributed by atoms with Gasteiger partial charge in [-0.2, -0.15) is 0 Å². The van der Waals surface area contributed by atoms with Crippen molar-refractivity contribution < 1.29 is 0 Å². The zero-order valence-corrected chi connectivity index (χ0v) is 11.4. The second kappa shape index (κ2) is 5.31. The maximum atomic E-state index is 5.54. The van der Waals surface area contributed by atoms with Crippen LogP contribution in [-0.4, -0.2) is 42.7 Å². The molecule has 0 spiro atoms. The van der Waals surface area contributed by atoms with E-state index in [1.807, 2.05) is 25.1 Å². The van der Waals surface area contributed by atoms with Crippen LogP contribution in [-0.2, 0) is 0 Å². The van der Waals surface area contributed by atoms with E-state index in [9.17, 15) is 0 Å². The normalized spacial score (nSPS) is 11.4. The smallest absolute Gasteiger partial charge is 0.134 e. The summed E-state index contributed by atoms with van der Waals surface area (Å²) < 4.78 is 0. The van der Waals surface area contributed by atoms with Gasteiger partial charge in [-0.1, -0.05) is 0 Å². The molecular formula is C12H23N5. The number of rotatable bonds is 4. The molecule has 0 aliphatic carbocycles. The van der Waals surface area contributed by atoms with Gasteiger partial charge < -0.3 is 15.5 Å². The summed E-state index contributed by atoms with van der Waals surface area (Å²) in [5.74, 6) is 1.82. The number of aromatic nitrogens is 2. The van der Waals surface area contributed by atoms with Crippen LogP contribution in [0.15, 0.2) is 12.4 Å². The summed E-state index contributed by atoms with van der Waals surface area (Å²) in [6, 6.07) is 1.99. The fourth-order valence-electron chi connectivity index (χ4n) is 1.38. The number of hydrogen-bond donors (Lipinski definition) is 1. The topological polar surface area (TPSA) is 58.3 Å². The van der Waals surface area contributed by atoms with E-state index in [0.29, 0.717) is 6.54 Å². The number of nitrogens with zero attached hydrogens (tertiary/aromatic N) is 4. The molecule has 0 atom stereocenters. The number of likely N-dealkylation sites (N-methyl/N-ethyl adjacent to an activating group) is 1. The van der Waals surface area contributed by atoms with Gasteiger partial charge in [0.1, 0.15) is 18.0 Å². The molecule has 0 radical (unpaired) electrons. The first-order chi connectivity index (χ1) is 7.86. The lowest BCUT2D eigenvalue weighted by molar-refractivity contribution is 0.533. The Kier molecular flexibility index (Phi) is 4.28. The van der Waals surface area contributed by atoms with Crippen molar-refractivity contribution in [3.63, 3.8) is 0 Å². The third-order valence-corrected chi connectivity index (χ3v) is 2.84. The summed E-state index contributed by atoms with van der Waals surface area (Å²) in [7, 11) is 4.02. The average Bonchev–Trinajstić information content (AvgIpc) is 2.27. The van der Waals surface area contributed by atoms with Crippen molar-refractivity contribution in [2.75, 3.05) is 37.0 Å². The molecule has 0 saturated heterocycles. The Hall–Kier alpha value is -1.36. The van der Waals surface area contributed by atoms with E-state index >= 15 is 0 Å². The summed E-state index contributed by atoms with van der Waals surface area (Å²) in [4.78, 5) is 12.7. The van der Waals surface area contributed by atoms with Gasteiger partial charge in [-0.05, 0) is 20.8 Å². The maximum Gasteiger partial charge on any atom is 0.134 e. The number of nitrogens with two attached hydrogens (primary N) is 1. The van der Waals surface area contributed by atoms with Gasteiger partial charge in [0, 0.05) is 38.8 Å². The van der Waals surface area contributed by atoms with Crippen molar-refractivity contribution in [1.29, 1.82) is 0 Å². The Bertz CT molecular complexity index is 358. The molecular weight excluding hydrogens is 214 g/mol. The summed E-state index contributed by atoms with van der Waals surface area (Å²) in [5.41, 5.74) is 5.58. The molecule has 1 heterocycles. The quantitative estimate of drug-likeness (QED) is 0.850. The number of hydrogen-bond acceptors (Lipinski definition) is 5. The Morgan fingerprint density at radius 3 is 2.29 bits per heavy atom. The molecule has 17 heavy (non-hydrogen) atoms. The number of anilines is 2. The highest BCUT2D eigenvalue weighted by Crippen LogP contribution is 2.21. The van der Waals surface area contributed by atoms with Crippen LogP contribution in [0.1, 0.15) is 20.8 Å². The van der Waals surface area contributed by atoms with E-state index in [4.69, 9.17) is 5.73 Å². The van der Waals surface area contributed by atoms with Crippen molar-refractivity contribution in [3.05, 3.63) is 12.4 Å². The van der Waals surface area contributed by atoms with Gasteiger partial charge in [-0.15, -0.1) is 0 Å². The van der Waals surface area contributed by atoms with Gasteiger partial charge >= 0.3 is 0 Å². The largest absolute Gasteiger partial charge is 0.358 e. The van der Waals surface area contributed by atoms with Gasteiger partial charge in [0.25, 0.3) is 0 Å². The molecule has 0 amide bonds. The van der Waals surface area contributed by atoms with E-state index in [2.05, 4.69) is 35.6 Å². The lowest BCUT2D eigenvalue weighted by Gasteiger charge is -2.33. The molecule has 1 aromatic heterocycles. The van der Waals surface area contributed by atoms with Crippen molar-refractivity contribution in [1.82, 2.24) is 9.97 Å². The zero-order chi connectivity index (χ0) is 13.1. The van der Waals surface area contributed by atoms with Crippen molar-refractivity contribution in [2.24, 2.45) is 5.73 Å². The molecule has 0 aliphatic heterocycles. The molecule has 0 unspecified atom stereocenters. The van der Waals surface area contributed by atoms with Gasteiger partial charge in [-0.25, -0.2) is 9.97 Å². The minimum absolute atomic E-state index is 0.0397. The predicted octanol–water partition coefficient (Wildman–Crippen LogP) is 1.11. The highest BCUT2D eigenvalue weighted by molar-refractivity contribution is 5.50. The van der Waals surface area contributed by atoms with E-state index < -0.39 is 0 Å². The monoisotopic (exact) mass is 237 g/mol. The van der Waals surface area contributed by atoms with Gasteiger partial charge in [-0.3, -0.25) is 0 Å². The van der Waals surface area contributed by atoms with Crippen LogP contribution in [0.25, 0.3) is 0 Å². The second-order valence-electron chi connectivity index (χ2n) is 5.17. The lowest BCUT2D eigenvalue weighted by atomic mass is 10.1. The first-order valence-corrected chi connectivity index (χ1v) is 5.83. The Labute approximate surface area is 104 Å². The first kappa shape index (κ1) is 13.7.